The van der Waals surface area contributed by atoms with Crippen molar-refractivity contribution in [2.45, 2.75) is 39.2 Å². The molecule has 1 fully saturated rings. The van der Waals surface area contributed by atoms with E-state index in [-0.39, 0.29) is 11.9 Å². The minimum Gasteiger partial charge on any atom is -0.347 e. The standard InChI is InChI=1S/C19H22N2O/c1-13-5-3-7-15(11-13)12-17(22)21-19(16-8-9-16)18-14(2)6-4-10-20-18/h3-7,10-11,16,19H,8-9,12H2,1-2H3,(H,21,22). The zero-order valence-corrected chi connectivity index (χ0v) is 13.2. The summed E-state index contributed by atoms with van der Waals surface area (Å²) in [4.78, 5) is 16.9. The van der Waals surface area contributed by atoms with Crippen molar-refractivity contribution >= 4 is 5.91 Å². The van der Waals surface area contributed by atoms with Gasteiger partial charge in [-0.15, -0.1) is 0 Å². The molecule has 1 N–H and O–H groups in total. The number of hydrogen-bond donors (Lipinski definition) is 1. The third-order valence-electron chi connectivity index (χ3n) is 4.20. The van der Waals surface area contributed by atoms with Crippen LogP contribution in [0.2, 0.25) is 0 Å². The molecule has 1 heterocycles. The van der Waals surface area contributed by atoms with Crippen LogP contribution in [0.3, 0.4) is 0 Å². The molecule has 0 radical (unpaired) electrons. The van der Waals surface area contributed by atoms with Gasteiger partial charge < -0.3 is 5.32 Å². The maximum absolute atomic E-state index is 12.4. The highest BCUT2D eigenvalue weighted by Crippen LogP contribution is 2.41. The van der Waals surface area contributed by atoms with Gasteiger partial charge in [-0.2, -0.15) is 0 Å². The van der Waals surface area contributed by atoms with E-state index in [2.05, 4.69) is 29.4 Å². The molecule has 1 amide bonds. The Bertz CT molecular complexity index is 677. The summed E-state index contributed by atoms with van der Waals surface area (Å²) in [6.45, 7) is 4.11. The van der Waals surface area contributed by atoms with Crippen LogP contribution in [0.4, 0.5) is 0 Å². The predicted molar refractivity (Wildman–Crippen MR) is 87.5 cm³/mol. The summed E-state index contributed by atoms with van der Waals surface area (Å²) >= 11 is 0. The average molecular weight is 294 g/mol. The quantitative estimate of drug-likeness (QED) is 0.917. The van der Waals surface area contributed by atoms with Crippen LogP contribution >= 0.6 is 0 Å². The van der Waals surface area contributed by atoms with E-state index in [1.165, 1.54) is 18.4 Å². The summed E-state index contributed by atoms with van der Waals surface area (Å²) in [5, 5.41) is 3.20. The van der Waals surface area contributed by atoms with Crippen molar-refractivity contribution < 1.29 is 4.79 Å². The molecule has 1 aliphatic carbocycles. The van der Waals surface area contributed by atoms with E-state index >= 15 is 0 Å². The Balaban J connectivity index is 1.72. The van der Waals surface area contributed by atoms with Crippen LogP contribution in [-0.4, -0.2) is 10.9 Å². The topological polar surface area (TPSA) is 42.0 Å². The maximum atomic E-state index is 12.4. The monoisotopic (exact) mass is 294 g/mol. The second-order valence-corrected chi connectivity index (χ2v) is 6.25. The molecule has 1 atom stereocenters. The molecule has 3 heteroatoms. The van der Waals surface area contributed by atoms with Crippen LogP contribution in [0.15, 0.2) is 42.6 Å². The summed E-state index contributed by atoms with van der Waals surface area (Å²) in [6.07, 6.45) is 4.58. The number of hydrogen-bond acceptors (Lipinski definition) is 2. The molecule has 0 aliphatic heterocycles. The van der Waals surface area contributed by atoms with Gasteiger partial charge in [0.1, 0.15) is 0 Å². The molecule has 3 rings (SSSR count). The van der Waals surface area contributed by atoms with E-state index < -0.39 is 0 Å². The lowest BCUT2D eigenvalue weighted by Gasteiger charge is -2.19. The molecule has 0 saturated heterocycles. The van der Waals surface area contributed by atoms with Gasteiger partial charge in [0.2, 0.25) is 5.91 Å². The first kappa shape index (κ1) is 14.8. The van der Waals surface area contributed by atoms with Gasteiger partial charge in [-0.05, 0) is 49.8 Å². The van der Waals surface area contributed by atoms with Gasteiger partial charge in [0.05, 0.1) is 18.2 Å². The molecule has 2 aromatic rings. The normalized spacial score (nSPS) is 15.4. The fraction of sp³-hybridized carbons (Fsp3) is 0.368. The van der Waals surface area contributed by atoms with Crippen molar-refractivity contribution in [1.82, 2.24) is 10.3 Å². The molecule has 3 nitrogen and oxygen atoms in total. The summed E-state index contributed by atoms with van der Waals surface area (Å²) in [5.41, 5.74) is 4.41. The van der Waals surface area contributed by atoms with E-state index in [9.17, 15) is 4.79 Å². The number of carbonyl (C=O) groups is 1. The van der Waals surface area contributed by atoms with Gasteiger partial charge in [-0.3, -0.25) is 9.78 Å². The smallest absolute Gasteiger partial charge is 0.224 e. The number of nitrogens with one attached hydrogen (secondary N) is 1. The van der Waals surface area contributed by atoms with E-state index in [0.717, 1.165) is 16.8 Å². The second kappa shape index (κ2) is 6.30. The number of aryl methyl sites for hydroxylation is 2. The third kappa shape index (κ3) is 3.53. The molecule has 1 saturated carbocycles. The van der Waals surface area contributed by atoms with Crippen molar-refractivity contribution in [2.75, 3.05) is 0 Å². The second-order valence-electron chi connectivity index (χ2n) is 6.25. The lowest BCUT2D eigenvalue weighted by atomic mass is 10.0. The molecule has 1 aromatic heterocycles. The molecule has 0 spiro atoms. The van der Waals surface area contributed by atoms with Crippen LogP contribution in [0.25, 0.3) is 0 Å². The van der Waals surface area contributed by atoms with Gasteiger partial charge >= 0.3 is 0 Å². The van der Waals surface area contributed by atoms with Gasteiger partial charge in [-0.1, -0.05) is 35.9 Å². The third-order valence-corrected chi connectivity index (χ3v) is 4.20. The van der Waals surface area contributed by atoms with Crippen LogP contribution in [0.5, 0.6) is 0 Å². The van der Waals surface area contributed by atoms with E-state index in [4.69, 9.17) is 0 Å². The fourth-order valence-corrected chi connectivity index (χ4v) is 2.89. The number of aromatic nitrogens is 1. The first-order chi connectivity index (χ1) is 10.6. The first-order valence-corrected chi connectivity index (χ1v) is 7.90. The molecule has 1 aromatic carbocycles. The van der Waals surface area contributed by atoms with Gasteiger partial charge in [0.15, 0.2) is 0 Å². The Morgan fingerprint density at radius 3 is 2.77 bits per heavy atom. The highest BCUT2D eigenvalue weighted by atomic mass is 16.1. The van der Waals surface area contributed by atoms with Crippen molar-refractivity contribution in [3.05, 3.63) is 65.0 Å². The summed E-state index contributed by atoms with van der Waals surface area (Å²) in [7, 11) is 0. The van der Waals surface area contributed by atoms with Crippen LogP contribution < -0.4 is 5.32 Å². The molecule has 0 bridgehead atoms. The van der Waals surface area contributed by atoms with Crippen molar-refractivity contribution in [3.63, 3.8) is 0 Å². The molecule has 1 aliphatic rings. The lowest BCUT2D eigenvalue weighted by molar-refractivity contribution is -0.121. The van der Waals surface area contributed by atoms with Crippen LogP contribution in [0.1, 0.15) is 41.3 Å². The maximum Gasteiger partial charge on any atom is 0.224 e. The molecule has 22 heavy (non-hydrogen) atoms. The molecular formula is C19H22N2O. The van der Waals surface area contributed by atoms with Gasteiger partial charge in [0.25, 0.3) is 0 Å². The minimum atomic E-state index is 0.0542. The number of carbonyl (C=O) groups excluding carboxylic acids is 1. The minimum absolute atomic E-state index is 0.0542. The van der Waals surface area contributed by atoms with E-state index in [0.29, 0.717) is 12.3 Å². The van der Waals surface area contributed by atoms with Gasteiger partial charge in [0, 0.05) is 6.20 Å². The number of nitrogens with zero attached hydrogens (tertiary/aromatic N) is 1. The lowest BCUT2D eigenvalue weighted by Crippen LogP contribution is -2.32. The molecular weight excluding hydrogens is 272 g/mol. The average Bonchev–Trinajstić information content (AvgIpc) is 3.30. The fourth-order valence-electron chi connectivity index (χ4n) is 2.89. The summed E-state index contributed by atoms with van der Waals surface area (Å²) in [5.74, 6) is 0.614. The Labute approximate surface area is 131 Å². The Hall–Kier alpha value is -2.16. The zero-order chi connectivity index (χ0) is 15.5. The van der Waals surface area contributed by atoms with Crippen LogP contribution in [0, 0.1) is 19.8 Å². The zero-order valence-electron chi connectivity index (χ0n) is 13.2. The van der Waals surface area contributed by atoms with Crippen molar-refractivity contribution in [2.24, 2.45) is 5.92 Å². The number of rotatable bonds is 5. The highest BCUT2D eigenvalue weighted by molar-refractivity contribution is 5.79. The molecule has 1 unspecified atom stereocenters. The largest absolute Gasteiger partial charge is 0.347 e. The predicted octanol–water partition coefficient (Wildman–Crippen LogP) is 3.51. The number of pyridine rings is 1. The van der Waals surface area contributed by atoms with E-state index in [1.54, 1.807) is 0 Å². The summed E-state index contributed by atoms with van der Waals surface area (Å²) < 4.78 is 0. The Morgan fingerprint density at radius 2 is 2.09 bits per heavy atom. The number of amides is 1. The van der Waals surface area contributed by atoms with Crippen molar-refractivity contribution in [1.29, 1.82) is 0 Å². The molecule has 114 valence electrons. The first-order valence-electron chi connectivity index (χ1n) is 7.90. The number of benzene rings is 1. The van der Waals surface area contributed by atoms with E-state index in [1.807, 2.05) is 37.4 Å². The Kier molecular flexibility index (Phi) is 4.23. The van der Waals surface area contributed by atoms with Crippen LogP contribution in [-0.2, 0) is 11.2 Å². The SMILES string of the molecule is Cc1cccc(CC(=O)NC(c2ncccc2C)C2CC2)c1. The van der Waals surface area contributed by atoms with Crippen molar-refractivity contribution in [3.8, 4) is 0 Å². The van der Waals surface area contributed by atoms with Gasteiger partial charge in [-0.25, -0.2) is 0 Å². The highest BCUT2D eigenvalue weighted by Gasteiger charge is 2.34. The Morgan fingerprint density at radius 1 is 1.27 bits per heavy atom. The summed E-state index contributed by atoms with van der Waals surface area (Å²) in [6, 6.07) is 12.2.